The number of halogens is 2. The molecular weight excluding hydrogens is 371 g/mol. The highest BCUT2D eigenvalue weighted by Gasteiger charge is 2.51. The van der Waals surface area contributed by atoms with Gasteiger partial charge in [0.05, 0.1) is 12.2 Å². The molecule has 0 bridgehead atoms. The zero-order valence-electron chi connectivity index (χ0n) is 12.2. The molecule has 122 valence electrons. The molecule has 1 unspecified atom stereocenters. The van der Waals surface area contributed by atoms with E-state index in [1.165, 1.54) is 0 Å². The molecule has 7 heteroatoms. The first kappa shape index (κ1) is 17.0. The summed E-state index contributed by atoms with van der Waals surface area (Å²) in [6.07, 6.45) is 0.833. The van der Waals surface area contributed by atoms with Crippen molar-refractivity contribution in [1.29, 1.82) is 0 Å². The largest absolute Gasteiger partial charge is 0.333 e. The summed E-state index contributed by atoms with van der Waals surface area (Å²) in [5, 5.41) is 7.76. The van der Waals surface area contributed by atoms with Crippen molar-refractivity contribution in [2.45, 2.75) is 22.2 Å². The summed E-state index contributed by atoms with van der Waals surface area (Å²) < 4.78 is -0.562. The number of urea groups is 1. The Morgan fingerprint density at radius 2 is 2.09 bits per heavy atom. The molecule has 2 N–H and O–H groups in total. The molecule has 0 aliphatic heterocycles. The van der Waals surface area contributed by atoms with Gasteiger partial charge in [-0.1, -0.05) is 18.2 Å². The molecule has 3 rings (SSSR count). The number of carbonyl (C=O) groups excluding carboxylic acids is 1. The van der Waals surface area contributed by atoms with Crippen molar-refractivity contribution in [3.05, 3.63) is 46.7 Å². The van der Waals surface area contributed by atoms with Crippen LogP contribution in [0.1, 0.15) is 11.3 Å². The van der Waals surface area contributed by atoms with Crippen LogP contribution >= 0.6 is 46.3 Å². The van der Waals surface area contributed by atoms with Crippen molar-refractivity contribution >= 4 is 58.0 Å². The number of carbonyl (C=O) groups is 1. The number of amides is 2. The molecule has 1 aliphatic carbocycles. The van der Waals surface area contributed by atoms with Gasteiger partial charge < -0.3 is 10.6 Å². The Hall–Kier alpha value is -0.880. The average molecular weight is 387 g/mol. The van der Waals surface area contributed by atoms with Gasteiger partial charge in [0.1, 0.15) is 4.33 Å². The number of thiophene rings is 1. The molecule has 0 spiro atoms. The summed E-state index contributed by atoms with van der Waals surface area (Å²) >= 11 is 15.4. The Bertz CT molecular complexity index is 676. The molecule has 23 heavy (non-hydrogen) atoms. The highest BCUT2D eigenvalue weighted by molar-refractivity contribution is 7.99. The molecular formula is C16H16Cl2N2OS2. The topological polar surface area (TPSA) is 41.1 Å². The van der Waals surface area contributed by atoms with Gasteiger partial charge in [-0.2, -0.15) is 0 Å². The highest BCUT2D eigenvalue weighted by Crippen LogP contribution is 2.55. The van der Waals surface area contributed by atoms with Crippen LogP contribution in [0.3, 0.4) is 0 Å². The van der Waals surface area contributed by atoms with E-state index in [0.29, 0.717) is 12.5 Å². The average Bonchev–Trinajstić information content (AvgIpc) is 2.90. The SMILES string of the molecule is O=C(NCc1cccs1)Nc1ccccc1SCC1CC1(Cl)Cl. The van der Waals surface area contributed by atoms with E-state index in [0.717, 1.165) is 27.6 Å². The van der Waals surface area contributed by atoms with E-state index in [1.54, 1.807) is 23.1 Å². The fourth-order valence-electron chi connectivity index (χ4n) is 2.08. The molecule has 3 nitrogen and oxygen atoms in total. The highest BCUT2D eigenvalue weighted by atomic mass is 35.5. The predicted molar refractivity (Wildman–Crippen MR) is 99.9 cm³/mol. The van der Waals surface area contributed by atoms with Gasteiger partial charge in [-0.25, -0.2) is 4.79 Å². The monoisotopic (exact) mass is 386 g/mol. The minimum Gasteiger partial charge on any atom is -0.333 e. The number of benzene rings is 1. The number of alkyl halides is 2. The van der Waals surface area contributed by atoms with Gasteiger partial charge in [0.25, 0.3) is 0 Å². The van der Waals surface area contributed by atoms with Crippen LogP contribution in [-0.2, 0) is 6.54 Å². The number of anilines is 1. The van der Waals surface area contributed by atoms with Crippen molar-refractivity contribution in [3.63, 3.8) is 0 Å². The van der Waals surface area contributed by atoms with Crippen molar-refractivity contribution in [2.75, 3.05) is 11.1 Å². The summed E-state index contributed by atoms with van der Waals surface area (Å²) in [6, 6.07) is 11.5. The van der Waals surface area contributed by atoms with Crippen molar-refractivity contribution in [1.82, 2.24) is 5.32 Å². The lowest BCUT2D eigenvalue weighted by Crippen LogP contribution is -2.28. The van der Waals surface area contributed by atoms with E-state index in [1.807, 2.05) is 41.8 Å². The lowest BCUT2D eigenvalue weighted by Gasteiger charge is -2.11. The molecule has 1 saturated carbocycles. The Labute approximate surface area is 153 Å². The molecule has 1 aliphatic rings. The molecule has 1 heterocycles. The molecule has 1 aromatic carbocycles. The van der Waals surface area contributed by atoms with Gasteiger partial charge in [-0.15, -0.1) is 46.3 Å². The maximum Gasteiger partial charge on any atom is 0.319 e. The second-order valence-corrected chi connectivity index (χ2v) is 8.99. The van der Waals surface area contributed by atoms with Gasteiger partial charge >= 0.3 is 6.03 Å². The third-order valence-corrected chi connectivity index (χ3v) is 6.57. The molecule has 1 atom stereocenters. The third-order valence-electron chi connectivity index (χ3n) is 3.53. The standard InChI is InChI=1S/C16H16Cl2N2OS2/c17-16(18)8-11(16)10-23-14-6-2-1-5-13(14)20-15(21)19-9-12-4-3-7-22-12/h1-7,11H,8-10H2,(H2,19,20,21). The third kappa shape index (κ3) is 4.80. The quantitative estimate of drug-likeness (QED) is 0.518. The summed E-state index contributed by atoms with van der Waals surface area (Å²) in [6.45, 7) is 0.530. The predicted octanol–water partition coefficient (Wildman–Crippen LogP) is 5.36. The smallest absolute Gasteiger partial charge is 0.319 e. The fraction of sp³-hybridized carbons (Fsp3) is 0.312. The minimum absolute atomic E-state index is 0.207. The summed E-state index contributed by atoms with van der Waals surface area (Å²) in [5.74, 6) is 1.17. The number of nitrogens with one attached hydrogen (secondary N) is 2. The maximum absolute atomic E-state index is 12.0. The lowest BCUT2D eigenvalue weighted by atomic mass is 10.3. The first-order valence-corrected chi connectivity index (χ1v) is 9.83. The van der Waals surface area contributed by atoms with Crippen LogP contribution in [0.5, 0.6) is 0 Å². The Balaban J connectivity index is 1.53. The van der Waals surface area contributed by atoms with Crippen LogP contribution in [0, 0.1) is 5.92 Å². The summed E-state index contributed by atoms with van der Waals surface area (Å²) in [4.78, 5) is 14.2. The van der Waals surface area contributed by atoms with E-state index in [-0.39, 0.29) is 6.03 Å². The number of thioether (sulfide) groups is 1. The van der Waals surface area contributed by atoms with Crippen molar-refractivity contribution in [3.8, 4) is 0 Å². The van der Waals surface area contributed by atoms with E-state index >= 15 is 0 Å². The minimum atomic E-state index is -0.562. The number of hydrogen-bond donors (Lipinski definition) is 2. The van der Waals surface area contributed by atoms with Gasteiger partial charge in [0.2, 0.25) is 0 Å². The summed E-state index contributed by atoms with van der Waals surface area (Å²) in [5.41, 5.74) is 0.802. The fourth-order valence-corrected chi connectivity index (χ4v) is 4.67. The second kappa shape index (κ2) is 7.34. The van der Waals surface area contributed by atoms with Crippen molar-refractivity contribution < 1.29 is 4.79 Å². The Kier molecular flexibility index (Phi) is 5.42. The zero-order valence-corrected chi connectivity index (χ0v) is 15.4. The van der Waals surface area contributed by atoms with Gasteiger partial charge in [0, 0.05) is 21.4 Å². The molecule has 2 amide bonds. The zero-order chi connectivity index (χ0) is 16.3. The van der Waals surface area contributed by atoms with Crippen LogP contribution in [0.2, 0.25) is 0 Å². The Morgan fingerprint density at radius 3 is 2.78 bits per heavy atom. The van der Waals surface area contributed by atoms with E-state index in [4.69, 9.17) is 23.2 Å². The molecule has 2 aromatic rings. The van der Waals surface area contributed by atoms with Crippen molar-refractivity contribution in [2.24, 2.45) is 5.92 Å². The van der Waals surface area contributed by atoms with Crippen LogP contribution in [0.4, 0.5) is 10.5 Å². The molecule has 0 radical (unpaired) electrons. The van der Waals surface area contributed by atoms with E-state index in [2.05, 4.69) is 10.6 Å². The van der Waals surface area contributed by atoms with Crippen LogP contribution in [0.15, 0.2) is 46.7 Å². The van der Waals surface area contributed by atoms with Crippen LogP contribution in [0.25, 0.3) is 0 Å². The summed E-state index contributed by atoms with van der Waals surface area (Å²) in [7, 11) is 0. The van der Waals surface area contributed by atoms with Crippen LogP contribution in [-0.4, -0.2) is 16.1 Å². The number of para-hydroxylation sites is 1. The lowest BCUT2D eigenvalue weighted by molar-refractivity contribution is 0.252. The molecule has 1 fully saturated rings. The van der Waals surface area contributed by atoms with Gasteiger partial charge in [-0.3, -0.25) is 0 Å². The van der Waals surface area contributed by atoms with E-state index in [9.17, 15) is 4.79 Å². The first-order valence-electron chi connectivity index (χ1n) is 7.21. The van der Waals surface area contributed by atoms with E-state index < -0.39 is 4.33 Å². The van der Waals surface area contributed by atoms with Crippen LogP contribution < -0.4 is 10.6 Å². The molecule has 0 saturated heterocycles. The van der Waals surface area contributed by atoms with Gasteiger partial charge in [-0.05, 0) is 30.0 Å². The second-order valence-electron chi connectivity index (χ2n) is 5.36. The Morgan fingerprint density at radius 1 is 1.30 bits per heavy atom. The maximum atomic E-state index is 12.0. The molecule has 1 aromatic heterocycles. The number of hydrogen-bond acceptors (Lipinski definition) is 3. The van der Waals surface area contributed by atoms with Gasteiger partial charge in [0.15, 0.2) is 0 Å². The number of rotatable bonds is 6. The first-order chi connectivity index (χ1) is 11.0. The normalized spacial score (nSPS) is 18.4.